The van der Waals surface area contributed by atoms with E-state index in [1.54, 1.807) is 4.68 Å². The van der Waals surface area contributed by atoms with Gasteiger partial charge in [0.1, 0.15) is 0 Å². The van der Waals surface area contributed by atoms with Gasteiger partial charge in [0.25, 0.3) is 0 Å². The molecule has 2 aliphatic rings. The number of rotatable bonds is 3. The molecule has 0 spiro atoms. The van der Waals surface area contributed by atoms with Crippen molar-refractivity contribution in [2.45, 2.75) is 32.9 Å². The number of aliphatic imine (C=N–C) groups is 1. The Morgan fingerprint density at radius 3 is 2.73 bits per heavy atom. The van der Waals surface area contributed by atoms with Gasteiger partial charge in [0, 0.05) is 47.9 Å². The third kappa shape index (κ3) is 3.02. The molecule has 0 unspecified atom stereocenters. The first kappa shape index (κ1) is 18.7. The number of fused-ring (bicyclic) bond motifs is 2. The molecule has 3 aromatic rings. The van der Waals surface area contributed by atoms with Gasteiger partial charge in [-0.15, -0.1) is 0 Å². The molecular weight excluding hydrogens is 374 g/mol. The molecule has 2 N–H and O–H groups in total. The maximum atomic E-state index is 6.45. The highest BCUT2D eigenvalue weighted by molar-refractivity contribution is 5.95. The fraction of sp³-hybridized carbons (Fsp3) is 0.304. The van der Waals surface area contributed by atoms with Crippen LogP contribution in [0.2, 0.25) is 0 Å². The number of aryl methyl sites for hydroxylation is 1. The molecule has 3 aromatic heterocycles. The fourth-order valence-corrected chi connectivity index (χ4v) is 4.17. The molecule has 0 fully saturated rings. The third-order valence-corrected chi connectivity index (χ3v) is 5.66. The topological polar surface area (TPSA) is 85.2 Å². The molecule has 4 heterocycles. The summed E-state index contributed by atoms with van der Waals surface area (Å²) in [6, 6.07) is 6.43. The van der Waals surface area contributed by atoms with E-state index in [4.69, 9.17) is 10.7 Å². The molecule has 1 aliphatic carbocycles. The monoisotopic (exact) mass is 399 g/mol. The number of hydrogen-bond donors (Lipinski definition) is 1. The molecule has 7 heteroatoms. The van der Waals surface area contributed by atoms with E-state index < -0.39 is 0 Å². The van der Waals surface area contributed by atoms with E-state index >= 15 is 0 Å². The maximum Gasteiger partial charge on any atom is 0.175 e. The van der Waals surface area contributed by atoms with Crippen molar-refractivity contribution in [2.75, 3.05) is 11.4 Å². The average molecular weight is 400 g/mol. The molecule has 7 nitrogen and oxygen atoms in total. The second kappa shape index (κ2) is 6.88. The summed E-state index contributed by atoms with van der Waals surface area (Å²) < 4.78 is 1.78. The van der Waals surface area contributed by atoms with Gasteiger partial charge in [0.2, 0.25) is 0 Å². The van der Waals surface area contributed by atoms with Gasteiger partial charge < -0.3 is 10.6 Å². The SMILES string of the molecule is CC1=Nc2ncc(C3=C[C@H](N)c4nc(-c5cnn(C)c5)ccc43)cc2N(C(C)C)C1. The highest BCUT2D eigenvalue weighted by Crippen LogP contribution is 2.40. The number of nitrogens with zero attached hydrogens (tertiary/aromatic N) is 6. The van der Waals surface area contributed by atoms with Gasteiger partial charge in [-0.3, -0.25) is 9.67 Å². The van der Waals surface area contributed by atoms with Crippen LogP contribution < -0.4 is 10.6 Å². The van der Waals surface area contributed by atoms with Gasteiger partial charge in [-0.05, 0) is 38.5 Å². The molecule has 1 atom stereocenters. The Labute approximate surface area is 176 Å². The highest BCUT2D eigenvalue weighted by Gasteiger charge is 2.27. The minimum absolute atomic E-state index is 0.246. The van der Waals surface area contributed by atoms with Crippen molar-refractivity contribution in [1.82, 2.24) is 19.7 Å². The van der Waals surface area contributed by atoms with Crippen molar-refractivity contribution < 1.29 is 0 Å². The quantitative estimate of drug-likeness (QED) is 0.727. The molecule has 5 rings (SSSR count). The summed E-state index contributed by atoms with van der Waals surface area (Å²) in [4.78, 5) is 16.5. The van der Waals surface area contributed by atoms with Gasteiger partial charge in [-0.2, -0.15) is 5.10 Å². The third-order valence-electron chi connectivity index (χ3n) is 5.66. The standard InChI is InChI=1S/C23H25N7/c1-13(2)30-11-14(3)27-23-21(30)7-15(9-25-23)18-8-19(24)22-17(18)5-6-20(28-22)16-10-26-29(4)12-16/h5-10,12-13,19H,11,24H2,1-4H3/t19-/m0/s1. The largest absolute Gasteiger partial charge is 0.360 e. The number of hydrogen-bond acceptors (Lipinski definition) is 6. The van der Waals surface area contributed by atoms with Crippen LogP contribution in [0.3, 0.4) is 0 Å². The van der Waals surface area contributed by atoms with Gasteiger partial charge in [-0.1, -0.05) is 12.1 Å². The van der Waals surface area contributed by atoms with E-state index in [1.165, 1.54) is 0 Å². The lowest BCUT2D eigenvalue weighted by atomic mass is 10.0. The predicted molar refractivity (Wildman–Crippen MR) is 120 cm³/mol. The number of aromatic nitrogens is 4. The van der Waals surface area contributed by atoms with E-state index in [1.807, 2.05) is 38.6 Å². The highest BCUT2D eigenvalue weighted by atomic mass is 15.2. The van der Waals surface area contributed by atoms with Crippen molar-refractivity contribution in [3.63, 3.8) is 0 Å². The summed E-state index contributed by atoms with van der Waals surface area (Å²) in [7, 11) is 1.90. The van der Waals surface area contributed by atoms with Crippen LogP contribution in [-0.4, -0.2) is 38.0 Å². The number of nitrogens with two attached hydrogens (primary N) is 1. The zero-order valence-electron chi connectivity index (χ0n) is 17.7. The molecular formula is C23H25N7. The van der Waals surface area contributed by atoms with Crippen molar-refractivity contribution in [3.8, 4) is 11.3 Å². The Balaban J connectivity index is 1.56. The van der Waals surface area contributed by atoms with Crippen LogP contribution >= 0.6 is 0 Å². The Kier molecular flexibility index (Phi) is 4.29. The lowest BCUT2D eigenvalue weighted by Crippen LogP contribution is -2.37. The molecule has 1 aliphatic heterocycles. The lowest BCUT2D eigenvalue weighted by molar-refractivity contribution is 0.724. The van der Waals surface area contributed by atoms with Crippen molar-refractivity contribution in [1.29, 1.82) is 0 Å². The zero-order chi connectivity index (χ0) is 21.0. The molecule has 30 heavy (non-hydrogen) atoms. The van der Waals surface area contributed by atoms with Crippen LogP contribution in [0.1, 0.15) is 43.6 Å². The number of pyridine rings is 2. The summed E-state index contributed by atoms with van der Waals surface area (Å²) in [6.07, 6.45) is 7.74. The molecule has 0 amide bonds. The molecule has 0 saturated carbocycles. The van der Waals surface area contributed by atoms with Gasteiger partial charge in [0.15, 0.2) is 5.82 Å². The summed E-state index contributed by atoms with van der Waals surface area (Å²) in [5.74, 6) is 0.782. The van der Waals surface area contributed by atoms with Crippen molar-refractivity contribution in [2.24, 2.45) is 17.8 Å². The van der Waals surface area contributed by atoms with Crippen LogP contribution in [0.4, 0.5) is 11.5 Å². The molecule has 0 bridgehead atoms. The summed E-state index contributed by atoms with van der Waals surface area (Å²) in [5.41, 5.74) is 14.5. The second-order valence-corrected chi connectivity index (χ2v) is 8.27. The Bertz CT molecular complexity index is 1200. The molecule has 0 aromatic carbocycles. The van der Waals surface area contributed by atoms with E-state index in [-0.39, 0.29) is 6.04 Å². The zero-order valence-corrected chi connectivity index (χ0v) is 17.7. The normalized spacial score (nSPS) is 17.7. The smallest absolute Gasteiger partial charge is 0.175 e. The summed E-state index contributed by atoms with van der Waals surface area (Å²) >= 11 is 0. The molecule has 152 valence electrons. The molecule has 0 saturated heterocycles. The Hall–Kier alpha value is -3.32. The summed E-state index contributed by atoms with van der Waals surface area (Å²) in [6.45, 7) is 7.26. The van der Waals surface area contributed by atoms with E-state index in [0.717, 1.165) is 57.4 Å². The van der Waals surface area contributed by atoms with Gasteiger partial charge in [0.05, 0.1) is 35.9 Å². The minimum Gasteiger partial charge on any atom is -0.360 e. The second-order valence-electron chi connectivity index (χ2n) is 8.27. The van der Waals surface area contributed by atoms with Crippen LogP contribution in [0, 0.1) is 0 Å². The summed E-state index contributed by atoms with van der Waals surface area (Å²) in [5, 5.41) is 4.24. The Morgan fingerprint density at radius 2 is 2.00 bits per heavy atom. The number of anilines is 1. The average Bonchev–Trinajstić information content (AvgIpc) is 3.30. The minimum atomic E-state index is -0.246. The van der Waals surface area contributed by atoms with E-state index in [9.17, 15) is 0 Å². The van der Waals surface area contributed by atoms with E-state index in [2.05, 4.69) is 52.0 Å². The predicted octanol–water partition coefficient (Wildman–Crippen LogP) is 3.64. The fourth-order valence-electron chi connectivity index (χ4n) is 4.17. The van der Waals surface area contributed by atoms with Crippen LogP contribution in [0.5, 0.6) is 0 Å². The van der Waals surface area contributed by atoms with Crippen molar-refractivity contribution >= 4 is 22.8 Å². The molecule has 0 radical (unpaired) electrons. The van der Waals surface area contributed by atoms with Crippen LogP contribution in [-0.2, 0) is 7.05 Å². The Morgan fingerprint density at radius 1 is 1.17 bits per heavy atom. The van der Waals surface area contributed by atoms with Crippen LogP contribution in [0.15, 0.2) is 47.9 Å². The van der Waals surface area contributed by atoms with Gasteiger partial charge in [-0.25, -0.2) is 9.98 Å². The first-order valence-electron chi connectivity index (χ1n) is 10.2. The first-order chi connectivity index (χ1) is 14.4. The first-order valence-corrected chi connectivity index (χ1v) is 10.2. The van der Waals surface area contributed by atoms with Crippen molar-refractivity contribution in [3.05, 3.63) is 59.7 Å². The van der Waals surface area contributed by atoms with Crippen LogP contribution in [0.25, 0.3) is 16.8 Å². The maximum absolute atomic E-state index is 6.45. The lowest BCUT2D eigenvalue weighted by Gasteiger charge is -2.32. The van der Waals surface area contributed by atoms with E-state index in [0.29, 0.717) is 6.04 Å². The van der Waals surface area contributed by atoms with Gasteiger partial charge >= 0.3 is 0 Å².